The van der Waals surface area contributed by atoms with Crippen LogP contribution in [0.1, 0.15) is 27.2 Å². The van der Waals surface area contributed by atoms with Crippen LogP contribution in [0.25, 0.3) is 0 Å². The van der Waals surface area contributed by atoms with Gasteiger partial charge in [0.2, 0.25) is 0 Å². The van der Waals surface area contributed by atoms with Crippen LogP contribution in [-0.4, -0.2) is 10.9 Å². The van der Waals surface area contributed by atoms with Gasteiger partial charge in [-0.3, -0.25) is 9.78 Å². The zero-order chi connectivity index (χ0) is 13.0. The van der Waals surface area contributed by atoms with Gasteiger partial charge in [-0.2, -0.15) is 5.26 Å². The fraction of sp³-hybridized carbons (Fsp3) is 0.0714. The van der Waals surface area contributed by atoms with Crippen molar-refractivity contribution >= 4 is 5.91 Å². The van der Waals surface area contributed by atoms with Crippen molar-refractivity contribution in [2.24, 2.45) is 5.73 Å². The number of hydrogen-bond donors (Lipinski definition) is 1. The molecule has 0 saturated heterocycles. The van der Waals surface area contributed by atoms with E-state index in [9.17, 15) is 4.79 Å². The van der Waals surface area contributed by atoms with Gasteiger partial charge in [-0.1, -0.05) is 18.2 Å². The molecule has 0 aliphatic carbocycles. The molecule has 2 aromatic rings. The van der Waals surface area contributed by atoms with Crippen molar-refractivity contribution in [2.45, 2.75) is 6.42 Å². The summed E-state index contributed by atoms with van der Waals surface area (Å²) in [6.45, 7) is 0. The second-order valence-corrected chi connectivity index (χ2v) is 3.81. The van der Waals surface area contributed by atoms with Gasteiger partial charge in [-0.25, -0.2) is 0 Å². The summed E-state index contributed by atoms with van der Waals surface area (Å²) >= 11 is 0. The Bertz CT molecular complexity index is 629. The SMILES string of the molecule is N#Cc1ccccc1Cc1ncccc1C(N)=O. The first-order valence-electron chi connectivity index (χ1n) is 5.44. The van der Waals surface area contributed by atoms with Gasteiger partial charge in [0, 0.05) is 12.6 Å². The van der Waals surface area contributed by atoms with Gasteiger partial charge in [-0.05, 0) is 23.8 Å². The first-order chi connectivity index (χ1) is 8.72. The van der Waals surface area contributed by atoms with Gasteiger partial charge in [0.1, 0.15) is 0 Å². The van der Waals surface area contributed by atoms with E-state index in [0.29, 0.717) is 23.2 Å². The molecular formula is C14H11N3O. The van der Waals surface area contributed by atoms with Gasteiger partial charge in [0.25, 0.3) is 5.91 Å². The molecule has 0 bridgehead atoms. The number of amides is 1. The summed E-state index contributed by atoms with van der Waals surface area (Å²) < 4.78 is 0. The number of rotatable bonds is 3. The van der Waals surface area contributed by atoms with E-state index in [0.717, 1.165) is 5.56 Å². The van der Waals surface area contributed by atoms with Gasteiger partial charge in [0.15, 0.2) is 0 Å². The van der Waals surface area contributed by atoms with E-state index in [4.69, 9.17) is 11.0 Å². The molecule has 88 valence electrons. The maximum absolute atomic E-state index is 11.3. The zero-order valence-electron chi connectivity index (χ0n) is 9.63. The predicted molar refractivity (Wildman–Crippen MR) is 66.7 cm³/mol. The molecule has 4 heteroatoms. The van der Waals surface area contributed by atoms with Crippen LogP contribution in [-0.2, 0) is 6.42 Å². The number of carbonyl (C=O) groups excluding carboxylic acids is 1. The zero-order valence-corrected chi connectivity index (χ0v) is 9.63. The molecular weight excluding hydrogens is 226 g/mol. The number of hydrogen-bond acceptors (Lipinski definition) is 3. The van der Waals surface area contributed by atoms with Crippen LogP contribution in [0.5, 0.6) is 0 Å². The average molecular weight is 237 g/mol. The van der Waals surface area contributed by atoms with Crippen LogP contribution in [0.4, 0.5) is 0 Å². The normalized spacial score (nSPS) is 9.72. The molecule has 0 unspecified atom stereocenters. The highest BCUT2D eigenvalue weighted by molar-refractivity contribution is 5.93. The van der Waals surface area contributed by atoms with Crippen molar-refractivity contribution in [1.82, 2.24) is 4.98 Å². The maximum Gasteiger partial charge on any atom is 0.250 e. The number of carbonyl (C=O) groups is 1. The molecule has 1 aromatic heterocycles. The van der Waals surface area contributed by atoms with E-state index in [-0.39, 0.29) is 0 Å². The van der Waals surface area contributed by atoms with E-state index in [1.807, 2.05) is 12.1 Å². The lowest BCUT2D eigenvalue weighted by Gasteiger charge is -2.06. The third kappa shape index (κ3) is 2.36. The molecule has 2 rings (SSSR count). The molecule has 0 fully saturated rings. The number of nitriles is 1. The standard InChI is InChI=1S/C14H11N3O/c15-9-11-5-2-1-4-10(11)8-13-12(14(16)18)6-3-7-17-13/h1-7H,8H2,(H2,16,18). The summed E-state index contributed by atoms with van der Waals surface area (Å²) in [7, 11) is 0. The molecule has 4 nitrogen and oxygen atoms in total. The van der Waals surface area contributed by atoms with Gasteiger partial charge >= 0.3 is 0 Å². The minimum absolute atomic E-state index is 0.394. The Kier molecular flexibility index (Phi) is 3.35. The van der Waals surface area contributed by atoms with Crippen molar-refractivity contribution in [3.05, 3.63) is 65.0 Å². The summed E-state index contributed by atoms with van der Waals surface area (Å²) in [5, 5.41) is 9.01. The Hall–Kier alpha value is -2.67. The van der Waals surface area contributed by atoms with Gasteiger partial charge < -0.3 is 5.73 Å². The van der Waals surface area contributed by atoms with E-state index in [1.54, 1.807) is 30.5 Å². The van der Waals surface area contributed by atoms with E-state index >= 15 is 0 Å². The van der Waals surface area contributed by atoms with E-state index in [2.05, 4.69) is 11.1 Å². The topological polar surface area (TPSA) is 79.8 Å². The first kappa shape index (κ1) is 11.8. The molecule has 0 radical (unpaired) electrons. The van der Waals surface area contributed by atoms with Crippen molar-refractivity contribution in [3.8, 4) is 6.07 Å². The summed E-state index contributed by atoms with van der Waals surface area (Å²) in [4.78, 5) is 15.4. The lowest BCUT2D eigenvalue weighted by atomic mass is 10.0. The number of pyridine rings is 1. The Labute approximate surface area is 105 Å². The van der Waals surface area contributed by atoms with Crippen molar-refractivity contribution in [3.63, 3.8) is 0 Å². The smallest absolute Gasteiger partial charge is 0.250 e. The largest absolute Gasteiger partial charge is 0.366 e. The van der Waals surface area contributed by atoms with Crippen LogP contribution in [0.15, 0.2) is 42.6 Å². The van der Waals surface area contributed by atoms with Gasteiger partial charge in [-0.15, -0.1) is 0 Å². The third-order valence-electron chi connectivity index (χ3n) is 2.65. The van der Waals surface area contributed by atoms with E-state index < -0.39 is 5.91 Å². The molecule has 1 amide bonds. The number of primary amides is 1. The van der Waals surface area contributed by atoms with Crippen molar-refractivity contribution in [2.75, 3.05) is 0 Å². The molecule has 1 aromatic carbocycles. The maximum atomic E-state index is 11.3. The second kappa shape index (κ2) is 5.11. The molecule has 0 aliphatic heterocycles. The predicted octanol–water partition coefficient (Wildman–Crippen LogP) is 1.64. The van der Waals surface area contributed by atoms with Crippen LogP contribution in [0, 0.1) is 11.3 Å². The highest BCUT2D eigenvalue weighted by atomic mass is 16.1. The van der Waals surface area contributed by atoms with Crippen LogP contribution >= 0.6 is 0 Å². The average Bonchev–Trinajstić information content (AvgIpc) is 2.40. The molecule has 18 heavy (non-hydrogen) atoms. The number of aromatic nitrogens is 1. The lowest BCUT2D eigenvalue weighted by molar-refractivity contribution is 0.0999. The summed E-state index contributed by atoms with van der Waals surface area (Å²) in [6.07, 6.45) is 2.03. The quantitative estimate of drug-likeness (QED) is 0.881. The molecule has 0 spiro atoms. The Morgan fingerprint density at radius 3 is 2.78 bits per heavy atom. The highest BCUT2D eigenvalue weighted by Crippen LogP contribution is 2.15. The highest BCUT2D eigenvalue weighted by Gasteiger charge is 2.11. The minimum atomic E-state index is -0.507. The fourth-order valence-corrected chi connectivity index (χ4v) is 1.77. The Morgan fingerprint density at radius 2 is 2.06 bits per heavy atom. The summed E-state index contributed by atoms with van der Waals surface area (Å²) in [6, 6.07) is 12.7. The Balaban J connectivity index is 2.41. The Morgan fingerprint density at radius 1 is 1.28 bits per heavy atom. The number of benzene rings is 1. The summed E-state index contributed by atoms with van der Waals surface area (Å²) in [5.41, 5.74) is 7.70. The monoisotopic (exact) mass is 237 g/mol. The molecule has 0 aliphatic rings. The lowest BCUT2D eigenvalue weighted by Crippen LogP contribution is -2.15. The molecule has 0 atom stereocenters. The molecule has 2 N–H and O–H groups in total. The van der Waals surface area contributed by atoms with Crippen LogP contribution in [0.2, 0.25) is 0 Å². The molecule has 1 heterocycles. The van der Waals surface area contributed by atoms with Crippen molar-refractivity contribution < 1.29 is 4.79 Å². The fourth-order valence-electron chi connectivity index (χ4n) is 1.77. The number of nitrogens with zero attached hydrogens (tertiary/aromatic N) is 2. The van der Waals surface area contributed by atoms with Crippen LogP contribution < -0.4 is 5.73 Å². The minimum Gasteiger partial charge on any atom is -0.366 e. The van der Waals surface area contributed by atoms with Crippen molar-refractivity contribution in [1.29, 1.82) is 5.26 Å². The van der Waals surface area contributed by atoms with Gasteiger partial charge in [0.05, 0.1) is 22.9 Å². The second-order valence-electron chi connectivity index (χ2n) is 3.81. The number of nitrogens with two attached hydrogens (primary N) is 1. The molecule has 0 saturated carbocycles. The first-order valence-corrected chi connectivity index (χ1v) is 5.44. The third-order valence-corrected chi connectivity index (χ3v) is 2.65. The van der Waals surface area contributed by atoms with E-state index in [1.165, 1.54) is 0 Å². The van der Waals surface area contributed by atoms with Crippen LogP contribution in [0.3, 0.4) is 0 Å². The summed E-state index contributed by atoms with van der Waals surface area (Å²) in [5.74, 6) is -0.507.